The van der Waals surface area contributed by atoms with Gasteiger partial charge >= 0.3 is 5.97 Å². The zero-order valence-corrected chi connectivity index (χ0v) is 7.44. The summed E-state index contributed by atoms with van der Waals surface area (Å²) in [6, 6.07) is 0. The molecule has 1 aromatic rings. The van der Waals surface area contributed by atoms with Gasteiger partial charge in [-0.25, -0.2) is 4.79 Å². The molecule has 0 radical (unpaired) electrons. The van der Waals surface area contributed by atoms with E-state index in [1.54, 1.807) is 0 Å². The molecule has 1 N–H and O–H groups in total. The summed E-state index contributed by atoms with van der Waals surface area (Å²) in [6.07, 6.45) is 0.980. The summed E-state index contributed by atoms with van der Waals surface area (Å²) < 4.78 is 4.88. The van der Waals surface area contributed by atoms with Gasteiger partial charge < -0.3 is 9.63 Å². The Hall–Kier alpha value is -1.39. The van der Waals surface area contributed by atoms with Gasteiger partial charge in [0, 0.05) is 5.41 Å². The maximum Gasteiger partial charge on any atom is 0.377 e. The smallest absolute Gasteiger partial charge is 0.377 e. The Kier molecular flexibility index (Phi) is 1.46. The summed E-state index contributed by atoms with van der Waals surface area (Å²) in [5, 5.41) is 11.9. The molecule has 0 aromatic carbocycles. The highest BCUT2D eigenvalue weighted by Gasteiger charge is 2.52. The molecule has 5 nitrogen and oxygen atoms in total. The van der Waals surface area contributed by atoms with Crippen molar-refractivity contribution >= 4 is 5.97 Å². The van der Waals surface area contributed by atoms with Gasteiger partial charge in [0.25, 0.3) is 5.82 Å². The SMILES string of the molecule is CC1CC1(C)c1nc(C(=O)O)no1. The van der Waals surface area contributed by atoms with Crippen molar-refractivity contribution in [1.29, 1.82) is 0 Å². The number of aromatic carboxylic acids is 1. The van der Waals surface area contributed by atoms with Gasteiger partial charge in [-0.2, -0.15) is 4.98 Å². The Morgan fingerprint density at radius 1 is 1.77 bits per heavy atom. The summed E-state index contributed by atoms with van der Waals surface area (Å²) in [7, 11) is 0. The third kappa shape index (κ3) is 1.11. The number of hydrogen-bond donors (Lipinski definition) is 1. The average Bonchev–Trinajstić information content (AvgIpc) is 2.55. The molecule has 1 saturated carbocycles. The second kappa shape index (κ2) is 2.31. The van der Waals surface area contributed by atoms with E-state index < -0.39 is 5.97 Å². The van der Waals surface area contributed by atoms with Crippen molar-refractivity contribution < 1.29 is 14.4 Å². The second-order valence-corrected chi connectivity index (χ2v) is 3.75. The molecule has 1 aromatic heterocycles. The molecule has 2 rings (SSSR count). The van der Waals surface area contributed by atoms with Gasteiger partial charge in [-0.05, 0) is 17.5 Å². The molecule has 2 unspecified atom stereocenters. The molecule has 1 fully saturated rings. The Morgan fingerprint density at radius 2 is 2.38 bits per heavy atom. The largest absolute Gasteiger partial charge is 0.475 e. The van der Waals surface area contributed by atoms with E-state index in [1.807, 2.05) is 6.92 Å². The van der Waals surface area contributed by atoms with Crippen LogP contribution in [0.25, 0.3) is 0 Å². The lowest BCUT2D eigenvalue weighted by Crippen LogP contribution is -2.05. The molecule has 13 heavy (non-hydrogen) atoms. The molecular weight excluding hydrogens is 172 g/mol. The summed E-state index contributed by atoms with van der Waals surface area (Å²) >= 11 is 0. The lowest BCUT2D eigenvalue weighted by atomic mass is 10.1. The van der Waals surface area contributed by atoms with Crippen LogP contribution in [0.2, 0.25) is 0 Å². The predicted octanol–water partition coefficient (Wildman–Crippen LogP) is 1.07. The van der Waals surface area contributed by atoms with Crippen LogP contribution in [0.3, 0.4) is 0 Å². The standard InChI is InChI=1S/C8H10N2O3/c1-4-3-8(4,2)7-9-5(6(11)12)10-13-7/h4H,3H2,1-2H3,(H,11,12). The molecule has 0 amide bonds. The molecule has 1 aliphatic carbocycles. The predicted molar refractivity (Wildman–Crippen MR) is 42.4 cm³/mol. The Labute approximate surface area is 74.8 Å². The van der Waals surface area contributed by atoms with Crippen molar-refractivity contribution in [3.05, 3.63) is 11.7 Å². The van der Waals surface area contributed by atoms with Crippen molar-refractivity contribution in [2.24, 2.45) is 5.92 Å². The monoisotopic (exact) mass is 182 g/mol. The van der Waals surface area contributed by atoms with Crippen LogP contribution in [-0.4, -0.2) is 21.2 Å². The highest BCUT2D eigenvalue weighted by molar-refractivity contribution is 5.82. The van der Waals surface area contributed by atoms with Gasteiger partial charge in [0.15, 0.2) is 0 Å². The summed E-state index contributed by atoms with van der Waals surface area (Å²) in [5.74, 6) is -0.464. The minimum Gasteiger partial charge on any atom is -0.475 e. The minimum atomic E-state index is -1.15. The Bertz CT molecular complexity index is 360. The van der Waals surface area contributed by atoms with E-state index in [4.69, 9.17) is 9.63 Å². The number of nitrogens with zero attached hydrogens (tertiary/aromatic N) is 2. The molecule has 1 heterocycles. The first-order valence-electron chi connectivity index (χ1n) is 4.11. The van der Waals surface area contributed by atoms with E-state index in [0.29, 0.717) is 11.8 Å². The van der Waals surface area contributed by atoms with Crippen LogP contribution in [0.15, 0.2) is 4.52 Å². The van der Waals surface area contributed by atoms with E-state index >= 15 is 0 Å². The van der Waals surface area contributed by atoms with Gasteiger partial charge in [-0.1, -0.05) is 13.8 Å². The highest BCUT2D eigenvalue weighted by atomic mass is 16.5. The van der Waals surface area contributed by atoms with Crippen LogP contribution in [0.5, 0.6) is 0 Å². The van der Waals surface area contributed by atoms with Crippen LogP contribution >= 0.6 is 0 Å². The van der Waals surface area contributed by atoms with Crippen LogP contribution in [0.1, 0.15) is 36.8 Å². The molecule has 0 spiro atoms. The van der Waals surface area contributed by atoms with Crippen LogP contribution in [0, 0.1) is 5.92 Å². The zero-order valence-electron chi connectivity index (χ0n) is 7.44. The first-order chi connectivity index (χ1) is 6.04. The fourth-order valence-electron chi connectivity index (χ4n) is 1.42. The third-order valence-corrected chi connectivity index (χ3v) is 2.76. The fraction of sp³-hybridized carbons (Fsp3) is 0.625. The number of rotatable bonds is 2. The van der Waals surface area contributed by atoms with Gasteiger partial charge in [0.2, 0.25) is 5.89 Å². The summed E-state index contributed by atoms with van der Waals surface area (Å²) in [6.45, 7) is 4.07. The molecule has 70 valence electrons. The van der Waals surface area contributed by atoms with E-state index in [-0.39, 0.29) is 11.2 Å². The fourth-order valence-corrected chi connectivity index (χ4v) is 1.42. The summed E-state index contributed by atoms with van der Waals surface area (Å²) in [4.78, 5) is 14.3. The van der Waals surface area contributed by atoms with Gasteiger partial charge in [0.1, 0.15) is 0 Å². The molecule has 5 heteroatoms. The summed E-state index contributed by atoms with van der Waals surface area (Å²) in [5.41, 5.74) is -0.0965. The zero-order chi connectivity index (χ0) is 9.64. The van der Waals surface area contributed by atoms with Crippen LogP contribution in [0.4, 0.5) is 0 Å². The number of carbonyl (C=O) groups is 1. The average molecular weight is 182 g/mol. The van der Waals surface area contributed by atoms with E-state index in [0.717, 1.165) is 6.42 Å². The molecular formula is C8H10N2O3. The maximum atomic E-state index is 10.5. The van der Waals surface area contributed by atoms with Crippen molar-refractivity contribution in [1.82, 2.24) is 10.1 Å². The van der Waals surface area contributed by atoms with Crippen molar-refractivity contribution in [2.45, 2.75) is 25.7 Å². The van der Waals surface area contributed by atoms with Crippen LogP contribution in [-0.2, 0) is 5.41 Å². The van der Waals surface area contributed by atoms with Crippen molar-refractivity contribution in [3.63, 3.8) is 0 Å². The van der Waals surface area contributed by atoms with Crippen LogP contribution < -0.4 is 0 Å². The highest BCUT2D eigenvalue weighted by Crippen LogP contribution is 2.52. The molecule has 0 bridgehead atoms. The molecule has 1 aliphatic rings. The normalized spacial score (nSPS) is 31.7. The molecule has 2 atom stereocenters. The lowest BCUT2D eigenvalue weighted by molar-refractivity contribution is 0.0680. The number of aromatic nitrogens is 2. The van der Waals surface area contributed by atoms with E-state index in [2.05, 4.69) is 17.1 Å². The van der Waals surface area contributed by atoms with E-state index in [9.17, 15) is 4.79 Å². The number of carboxylic acids is 1. The van der Waals surface area contributed by atoms with Gasteiger partial charge in [-0.15, -0.1) is 0 Å². The molecule has 0 aliphatic heterocycles. The quantitative estimate of drug-likeness (QED) is 0.740. The lowest BCUT2D eigenvalue weighted by Gasteiger charge is -1.99. The van der Waals surface area contributed by atoms with Crippen molar-refractivity contribution in [2.75, 3.05) is 0 Å². The second-order valence-electron chi connectivity index (χ2n) is 3.75. The minimum absolute atomic E-state index is 0.0965. The van der Waals surface area contributed by atoms with Crippen molar-refractivity contribution in [3.8, 4) is 0 Å². The van der Waals surface area contributed by atoms with Gasteiger partial charge in [-0.3, -0.25) is 0 Å². The molecule has 0 saturated heterocycles. The topological polar surface area (TPSA) is 76.2 Å². The van der Waals surface area contributed by atoms with Gasteiger partial charge in [0.05, 0.1) is 0 Å². The maximum absolute atomic E-state index is 10.5. The Balaban J connectivity index is 2.29. The Morgan fingerprint density at radius 3 is 2.77 bits per heavy atom. The number of carboxylic acid groups (broad SMARTS) is 1. The first kappa shape index (κ1) is 8.22. The van der Waals surface area contributed by atoms with E-state index in [1.165, 1.54) is 0 Å². The third-order valence-electron chi connectivity index (χ3n) is 2.76. The number of hydrogen-bond acceptors (Lipinski definition) is 4. The first-order valence-corrected chi connectivity index (χ1v) is 4.11.